The highest BCUT2D eigenvalue weighted by Gasteiger charge is 2.48. The molecule has 1 saturated heterocycles. The summed E-state index contributed by atoms with van der Waals surface area (Å²) < 4.78 is 50.3. The van der Waals surface area contributed by atoms with Crippen LogP contribution in [-0.2, 0) is 22.9 Å². The molecule has 1 atom stereocenters. The summed E-state index contributed by atoms with van der Waals surface area (Å²) in [5.74, 6) is -0.255. The summed E-state index contributed by atoms with van der Waals surface area (Å²) in [6.07, 6.45) is 5.97. The van der Waals surface area contributed by atoms with Crippen LogP contribution in [-0.4, -0.2) is 35.8 Å². The molecule has 2 aromatic heterocycles. The molecule has 8 heteroatoms. The lowest BCUT2D eigenvalue weighted by Crippen LogP contribution is -2.47. The van der Waals surface area contributed by atoms with Crippen molar-refractivity contribution in [1.29, 1.82) is 0 Å². The number of aromatic nitrogens is 2. The molecular weight excluding hydrogens is 419 g/mol. The molecule has 0 aromatic carbocycles. The average Bonchev–Trinajstić information content (AvgIpc) is 3.23. The number of methoxy groups -OCH3 is 1. The fraction of sp³-hybridized carbons (Fsp3) is 0.583. The van der Waals surface area contributed by atoms with Gasteiger partial charge in [0.05, 0.1) is 12.7 Å². The second kappa shape index (κ2) is 9.35. The number of hydrogen-bond donors (Lipinski definition) is 1. The van der Waals surface area contributed by atoms with Crippen molar-refractivity contribution < 1.29 is 22.6 Å². The number of pyridine rings is 2. The van der Waals surface area contributed by atoms with Crippen LogP contribution in [0.1, 0.15) is 61.9 Å². The molecular formula is C24H30F3N3O2. The lowest BCUT2D eigenvalue weighted by Gasteiger charge is -2.46. The largest absolute Gasteiger partial charge is 0.494 e. The van der Waals surface area contributed by atoms with Crippen LogP contribution in [0.2, 0.25) is 0 Å². The summed E-state index contributed by atoms with van der Waals surface area (Å²) in [6, 6.07) is 7.48. The molecule has 0 unspecified atom stereocenters. The molecule has 1 N–H and O–H groups in total. The third-order valence-corrected chi connectivity index (χ3v) is 6.88. The van der Waals surface area contributed by atoms with Gasteiger partial charge in [0.25, 0.3) is 0 Å². The number of rotatable bonds is 7. The lowest BCUT2D eigenvalue weighted by atomic mass is 9.68. The Morgan fingerprint density at radius 3 is 2.66 bits per heavy atom. The van der Waals surface area contributed by atoms with E-state index in [2.05, 4.69) is 16.4 Å². The topological polar surface area (TPSA) is 56.3 Å². The van der Waals surface area contributed by atoms with Crippen molar-refractivity contribution >= 4 is 0 Å². The first kappa shape index (κ1) is 23.0. The van der Waals surface area contributed by atoms with E-state index in [4.69, 9.17) is 14.5 Å². The highest BCUT2D eigenvalue weighted by atomic mass is 19.4. The zero-order valence-electron chi connectivity index (χ0n) is 18.4. The van der Waals surface area contributed by atoms with E-state index in [-0.39, 0.29) is 16.8 Å². The molecule has 32 heavy (non-hydrogen) atoms. The van der Waals surface area contributed by atoms with Crippen LogP contribution in [0.25, 0.3) is 0 Å². The Kier molecular flexibility index (Phi) is 6.72. The molecule has 174 valence electrons. The van der Waals surface area contributed by atoms with Gasteiger partial charge in [-0.3, -0.25) is 4.98 Å². The highest BCUT2D eigenvalue weighted by Crippen LogP contribution is 2.49. The zero-order chi connectivity index (χ0) is 22.7. The number of halogens is 3. The van der Waals surface area contributed by atoms with E-state index in [0.29, 0.717) is 12.1 Å². The van der Waals surface area contributed by atoms with Gasteiger partial charge in [0.15, 0.2) is 5.69 Å². The summed E-state index contributed by atoms with van der Waals surface area (Å²) in [5, 5.41) is 3.39. The first-order valence-corrected chi connectivity index (χ1v) is 11.2. The van der Waals surface area contributed by atoms with E-state index in [1.54, 1.807) is 0 Å². The molecule has 0 bridgehead atoms. The molecule has 2 aromatic rings. The van der Waals surface area contributed by atoms with E-state index in [1.165, 1.54) is 32.2 Å². The molecule has 1 spiro atoms. The quantitative estimate of drug-likeness (QED) is 0.600. The van der Waals surface area contributed by atoms with Gasteiger partial charge in [0.2, 0.25) is 0 Å². The van der Waals surface area contributed by atoms with Gasteiger partial charge < -0.3 is 14.8 Å². The molecule has 1 aliphatic heterocycles. The lowest BCUT2D eigenvalue weighted by molar-refractivity contribution is -0.142. The monoisotopic (exact) mass is 449 g/mol. The molecule has 4 rings (SSSR count). The Morgan fingerprint density at radius 2 is 1.97 bits per heavy atom. The van der Waals surface area contributed by atoms with Crippen molar-refractivity contribution in [2.75, 3.05) is 20.3 Å². The number of hydrogen-bond acceptors (Lipinski definition) is 5. The molecule has 5 nitrogen and oxygen atoms in total. The van der Waals surface area contributed by atoms with Crippen molar-refractivity contribution in [2.24, 2.45) is 0 Å². The van der Waals surface area contributed by atoms with Crippen LogP contribution in [0.4, 0.5) is 13.2 Å². The van der Waals surface area contributed by atoms with Crippen LogP contribution in [0.15, 0.2) is 36.7 Å². The van der Waals surface area contributed by atoms with Crippen molar-refractivity contribution in [2.45, 2.75) is 68.7 Å². The molecule has 2 fully saturated rings. The predicted octanol–water partition coefficient (Wildman–Crippen LogP) is 5.04. The van der Waals surface area contributed by atoms with Crippen LogP contribution in [0.5, 0.6) is 5.75 Å². The van der Waals surface area contributed by atoms with Gasteiger partial charge in [-0.1, -0.05) is 18.9 Å². The van der Waals surface area contributed by atoms with Crippen LogP contribution in [0, 0.1) is 0 Å². The normalized spacial score (nSPS) is 22.9. The fourth-order valence-corrected chi connectivity index (χ4v) is 5.31. The van der Waals surface area contributed by atoms with Gasteiger partial charge in [-0.2, -0.15) is 13.2 Å². The zero-order valence-corrected chi connectivity index (χ0v) is 18.4. The summed E-state index contributed by atoms with van der Waals surface area (Å²) in [5.41, 5.74) is 0.657. The first-order chi connectivity index (χ1) is 15.4. The van der Waals surface area contributed by atoms with E-state index in [9.17, 15) is 13.2 Å². The number of ether oxygens (including phenoxy) is 2. The third-order valence-electron chi connectivity index (χ3n) is 6.88. The number of nitrogens with zero attached hydrogens (tertiary/aromatic N) is 2. The Morgan fingerprint density at radius 1 is 1.16 bits per heavy atom. The Labute approximate surface area is 186 Å². The summed E-state index contributed by atoms with van der Waals surface area (Å²) >= 11 is 0. The number of alkyl halides is 3. The minimum atomic E-state index is -4.54. The SMILES string of the molecule is COc1cc(CNCC[C@]2(c3ccccn3)CCOC3(CCCC3)C2)cnc1C(F)(F)F. The summed E-state index contributed by atoms with van der Waals surface area (Å²) in [4.78, 5) is 8.29. The van der Waals surface area contributed by atoms with Gasteiger partial charge in [0.1, 0.15) is 5.75 Å². The minimum Gasteiger partial charge on any atom is -0.494 e. The maximum absolute atomic E-state index is 13.0. The third kappa shape index (κ3) is 4.91. The smallest absolute Gasteiger partial charge is 0.437 e. The van der Waals surface area contributed by atoms with Crippen LogP contribution < -0.4 is 10.1 Å². The maximum Gasteiger partial charge on any atom is 0.437 e. The van der Waals surface area contributed by atoms with Gasteiger partial charge in [-0.25, -0.2) is 4.98 Å². The molecule has 1 aliphatic carbocycles. The van der Waals surface area contributed by atoms with E-state index in [0.717, 1.165) is 50.9 Å². The Hall–Kier alpha value is -2.19. The number of nitrogens with one attached hydrogen (secondary N) is 1. The predicted molar refractivity (Wildman–Crippen MR) is 114 cm³/mol. The average molecular weight is 450 g/mol. The van der Waals surface area contributed by atoms with Gasteiger partial charge in [0, 0.05) is 36.7 Å². The molecule has 1 saturated carbocycles. The van der Waals surface area contributed by atoms with E-state index >= 15 is 0 Å². The molecule has 0 amide bonds. The minimum absolute atomic E-state index is 0.0412. The second-order valence-electron chi connectivity index (χ2n) is 8.98. The maximum atomic E-state index is 13.0. The fourth-order valence-electron chi connectivity index (χ4n) is 5.31. The van der Waals surface area contributed by atoms with Gasteiger partial charge >= 0.3 is 6.18 Å². The van der Waals surface area contributed by atoms with Crippen LogP contribution in [0.3, 0.4) is 0 Å². The molecule has 3 heterocycles. The Balaban J connectivity index is 1.43. The van der Waals surface area contributed by atoms with Crippen molar-refractivity contribution in [3.05, 3.63) is 53.6 Å². The van der Waals surface area contributed by atoms with E-state index < -0.39 is 11.9 Å². The van der Waals surface area contributed by atoms with Crippen molar-refractivity contribution in [3.8, 4) is 5.75 Å². The van der Waals surface area contributed by atoms with Crippen LogP contribution >= 0.6 is 0 Å². The Bertz CT molecular complexity index is 901. The molecule has 0 radical (unpaired) electrons. The standard InChI is InChI=1S/C24H30F3N3O2/c1-31-19-14-18(16-30-21(19)24(25,26)27)15-28-12-9-22(20-6-2-5-11-29-20)10-13-32-23(17-22)7-3-4-8-23/h2,5-6,11,14,16,28H,3-4,7-10,12-13,15,17H2,1H3/t22-/m0/s1. The summed E-state index contributed by atoms with van der Waals surface area (Å²) in [7, 11) is 1.23. The highest BCUT2D eigenvalue weighted by molar-refractivity contribution is 5.33. The second-order valence-corrected chi connectivity index (χ2v) is 8.98. The van der Waals surface area contributed by atoms with Gasteiger partial charge in [-0.05, 0) is 62.4 Å². The summed E-state index contributed by atoms with van der Waals surface area (Å²) in [6.45, 7) is 1.87. The first-order valence-electron chi connectivity index (χ1n) is 11.2. The van der Waals surface area contributed by atoms with E-state index in [1.807, 2.05) is 18.3 Å². The van der Waals surface area contributed by atoms with Crippen molar-refractivity contribution in [3.63, 3.8) is 0 Å². The van der Waals surface area contributed by atoms with Gasteiger partial charge in [-0.15, -0.1) is 0 Å². The molecule has 2 aliphatic rings. The van der Waals surface area contributed by atoms with Crippen molar-refractivity contribution in [1.82, 2.24) is 15.3 Å².